The molecule has 0 unspecified atom stereocenters. The highest BCUT2D eigenvalue weighted by Gasteiger charge is 1.99. The summed E-state index contributed by atoms with van der Waals surface area (Å²) in [4.78, 5) is 10.2. The third-order valence-corrected chi connectivity index (χ3v) is 2.97. The van der Waals surface area contributed by atoms with Gasteiger partial charge in [-0.15, -0.1) is 0 Å². The van der Waals surface area contributed by atoms with Gasteiger partial charge in [0.1, 0.15) is 5.82 Å². The average molecular weight is 294 g/mol. The first-order valence-electron chi connectivity index (χ1n) is 6.76. The van der Waals surface area contributed by atoms with Gasteiger partial charge >= 0.3 is 5.97 Å². The summed E-state index contributed by atoms with van der Waals surface area (Å²) in [6.07, 6.45) is 0. The second kappa shape index (κ2) is 7.74. The molecule has 3 rings (SSSR count). The van der Waals surface area contributed by atoms with Gasteiger partial charge in [-0.2, -0.15) is 0 Å². The van der Waals surface area contributed by atoms with Crippen molar-refractivity contribution in [3.8, 4) is 11.1 Å². The van der Waals surface area contributed by atoms with Crippen molar-refractivity contribution in [3.05, 3.63) is 96.3 Å². The van der Waals surface area contributed by atoms with Crippen molar-refractivity contribution in [2.75, 3.05) is 0 Å². The smallest absolute Gasteiger partial charge is 0.335 e. The maximum Gasteiger partial charge on any atom is 0.335 e. The summed E-state index contributed by atoms with van der Waals surface area (Å²) in [6, 6.07) is 25.5. The van der Waals surface area contributed by atoms with E-state index < -0.39 is 11.8 Å². The van der Waals surface area contributed by atoms with E-state index in [4.69, 9.17) is 5.11 Å². The minimum absolute atomic E-state index is 0.0985. The summed E-state index contributed by atoms with van der Waals surface area (Å²) in [7, 11) is 0. The maximum absolute atomic E-state index is 12.2. The Kier molecular flexibility index (Phi) is 5.44. The molecule has 0 aromatic heterocycles. The Bertz CT molecular complexity index is 670. The fraction of sp³-hybridized carbons (Fsp3) is 0. The molecule has 110 valence electrons. The molecule has 0 heterocycles. The summed E-state index contributed by atoms with van der Waals surface area (Å²) < 4.78 is 12.2. The summed E-state index contributed by atoms with van der Waals surface area (Å²) >= 11 is 0. The molecule has 0 atom stereocenters. The second-order valence-electron chi connectivity index (χ2n) is 4.54. The first-order chi connectivity index (χ1) is 10.7. The summed E-state index contributed by atoms with van der Waals surface area (Å²) in [5.74, 6) is -1.47. The molecular formula is C19H15FO2. The van der Waals surface area contributed by atoms with Crippen molar-refractivity contribution in [1.82, 2.24) is 0 Å². The number of benzene rings is 3. The van der Waals surface area contributed by atoms with Gasteiger partial charge in [-0.25, -0.2) is 9.18 Å². The van der Waals surface area contributed by atoms with E-state index in [1.165, 1.54) is 23.3 Å². The average Bonchev–Trinajstić information content (AvgIpc) is 2.57. The first kappa shape index (κ1) is 15.4. The van der Waals surface area contributed by atoms with Crippen LogP contribution in [0, 0.1) is 5.82 Å². The zero-order chi connectivity index (χ0) is 15.8. The van der Waals surface area contributed by atoms with Gasteiger partial charge in [0.15, 0.2) is 0 Å². The molecule has 0 radical (unpaired) electrons. The molecule has 3 heteroatoms. The van der Waals surface area contributed by atoms with E-state index in [-0.39, 0.29) is 5.56 Å². The lowest BCUT2D eigenvalue weighted by molar-refractivity contribution is 0.0697. The highest BCUT2D eigenvalue weighted by atomic mass is 19.1. The lowest BCUT2D eigenvalue weighted by Crippen LogP contribution is -1.94. The van der Waals surface area contributed by atoms with Crippen LogP contribution in [-0.4, -0.2) is 11.1 Å². The van der Waals surface area contributed by atoms with Crippen molar-refractivity contribution in [1.29, 1.82) is 0 Å². The van der Waals surface area contributed by atoms with Crippen LogP contribution in [0.15, 0.2) is 84.9 Å². The van der Waals surface area contributed by atoms with Crippen LogP contribution >= 0.6 is 0 Å². The SMILES string of the molecule is O=C(O)c1ccc(F)cc1.c1ccc(-c2ccccc2)cc1. The van der Waals surface area contributed by atoms with E-state index in [1.54, 1.807) is 0 Å². The normalized spacial score (nSPS) is 9.50. The van der Waals surface area contributed by atoms with Crippen LogP contribution < -0.4 is 0 Å². The Morgan fingerprint density at radius 1 is 0.682 bits per heavy atom. The van der Waals surface area contributed by atoms with Crippen molar-refractivity contribution in [2.45, 2.75) is 0 Å². The zero-order valence-corrected chi connectivity index (χ0v) is 11.8. The van der Waals surface area contributed by atoms with E-state index in [0.29, 0.717) is 0 Å². The van der Waals surface area contributed by atoms with E-state index in [0.717, 1.165) is 12.1 Å². The third-order valence-electron chi connectivity index (χ3n) is 2.97. The number of carboxylic acids is 1. The van der Waals surface area contributed by atoms with Gasteiger partial charge in [0, 0.05) is 0 Å². The van der Waals surface area contributed by atoms with E-state index in [9.17, 15) is 9.18 Å². The molecule has 0 aliphatic carbocycles. The fourth-order valence-corrected chi connectivity index (χ4v) is 1.85. The Labute approximate surface area is 128 Å². The van der Waals surface area contributed by atoms with Gasteiger partial charge in [-0.3, -0.25) is 0 Å². The zero-order valence-electron chi connectivity index (χ0n) is 11.8. The monoisotopic (exact) mass is 294 g/mol. The summed E-state index contributed by atoms with van der Waals surface area (Å²) in [5.41, 5.74) is 2.65. The van der Waals surface area contributed by atoms with Gasteiger partial charge in [0.05, 0.1) is 5.56 Å². The molecule has 2 nitrogen and oxygen atoms in total. The van der Waals surface area contributed by atoms with Crippen molar-refractivity contribution >= 4 is 5.97 Å². The molecule has 0 aliphatic heterocycles. The number of rotatable bonds is 2. The summed E-state index contributed by atoms with van der Waals surface area (Å²) in [5, 5.41) is 8.35. The molecule has 22 heavy (non-hydrogen) atoms. The van der Waals surface area contributed by atoms with Gasteiger partial charge in [0.2, 0.25) is 0 Å². The minimum atomic E-state index is -1.04. The molecule has 0 aliphatic rings. The number of hydrogen-bond donors (Lipinski definition) is 1. The van der Waals surface area contributed by atoms with Crippen molar-refractivity contribution in [3.63, 3.8) is 0 Å². The first-order valence-corrected chi connectivity index (χ1v) is 6.76. The molecule has 0 saturated carbocycles. The van der Waals surface area contributed by atoms with Crippen molar-refractivity contribution in [2.24, 2.45) is 0 Å². The van der Waals surface area contributed by atoms with E-state index in [1.807, 2.05) is 12.1 Å². The highest BCUT2D eigenvalue weighted by Crippen LogP contribution is 2.17. The number of hydrogen-bond acceptors (Lipinski definition) is 1. The van der Waals surface area contributed by atoms with Gasteiger partial charge < -0.3 is 5.11 Å². The number of carbonyl (C=O) groups is 1. The predicted octanol–water partition coefficient (Wildman–Crippen LogP) is 4.88. The third kappa shape index (κ3) is 4.56. The van der Waals surface area contributed by atoms with E-state index in [2.05, 4.69) is 48.5 Å². The van der Waals surface area contributed by atoms with Crippen LogP contribution in [0.2, 0.25) is 0 Å². The van der Waals surface area contributed by atoms with Crippen LogP contribution in [0.3, 0.4) is 0 Å². The number of aromatic carboxylic acids is 1. The van der Waals surface area contributed by atoms with Crippen LogP contribution in [0.5, 0.6) is 0 Å². The molecule has 0 fully saturated rings. The largest absolute Gasteiger partial charge is 0.478 e. The molecule has 1 N–H and O–H groups in total. The van der Waals surface area contributed by atoms with Gasteiger partial charge in [0.25, 0.3) is 0 Å². The molecule has 0 spiro atoms. The molecule has 3 aromatic rings. The standard InChI is InChI=1S/C12H10.C7H5FO2/c1-3-7-11(8-4-1)12-9-5-2-6-10-12;8-6-3-1-5(2-4-6)7(9)10/h1-10H;1-4H,(H,9,10). The number of halogens is 1. The van der Waals surface area contributed by atoms with Crippen LogP contribution in [0.25, 0.3) is 11.1 Å². The lowest BCUT2D eigenvalue weighted by atomic mass is 10.1. The van der Waals surface area contributed by atoms with Crippen LogP contribution in [0.4, 0.5) is 4.39 Å². The minimum Gasteiger partial charge on any atom is -0.478 e. The lowest BCUT2D eigenvalue weighted by Gasteiger charge is -1.98. The predicted molar refractivity (Wildman–Crippen MR) is 85.2 cm³/mol. The molecule has 0 amide bonds. The summed E-state index contributed by atoms with van der Waals surface area (Å²) in [6.45, 7) is 0. The van der Waals surface area contributed by atoms with Gasteiger partial charge in [-0.1, -0.05) is 60.7 Å². The quantitative estimate of drug-likeness (QED) is 0.731. The topological polar surface area (TPSA) is 37.3 Å². The molecule has 3 aromatic carbocycles. The highest BCUT2D eigenvalue weighted by molar-refractivity contribution is 5.87. The Hall–Kier alpha value is -2.94. The number of carboxylic acid groups (broad SMARTS) is 1. The fourth-order valence-electron chi connectivity index (χ4n) is 1.85. The molecular weight excluding hydrogens is 279 g/mol. The maximum atomic E-state index is 12.2. The Morgan fingerprint density at radius 2 is 1.09 bits per heavy atom. The van der Waals surface area contributed by atoms with E-state index >= 15 is 0 Å². The Morgan fingerprint density at radius 3 is 1.45 bits per heavy atom. The molecule has 0 bridgehead atoms. The van der Waals surface area contributed by atoms with Crippen LogP contribution in [-0.2, 0) is 0 Å². The molecule has 0 saturated heterocycles. The van der Waals surface area contributed by atoms with Crippen molar-refractivity contribution < 1.29 is 14.3 Å². The van der Waals surface area contributed by atoms with Crippen LogP contribution in [0.1, 0.15) is 10.4 Å². The second-order valence-corrected chi connectivity index (χ2v) is 4.54. The Balaban J connectivity index is 0.000000164. The van der Waals surface area contributed by atoms with Gasteiger partial charge in [-0.05, 0) is 35.4 Å².